The van der Waals surface area contributed by atoms with E-state index in [1.54, 1.807) is 0 Å². The van der Waals surface area contributed by atoms with Gasteiger partial charge in [0, 0.05) is 13.1 Å². The molecule has 0 unspecified atom stereocenters. The summed E-state index contributed by atoms with van der Waals surface area (Å²) >= 11 is 0. The van der Waals surface area contributed by atoms with Crippen LogP contribution >= 0.6 is 0 Å². The summed E-state index contributed by atoms with van der Waals surface area (Å²) in [6.07, 6.45) is 3.83. The Hall–Kier alpha value is -1.55. The lowest BCUT2D eigenvalue weighted by Gasteiger charge is -2.26. The number of hydrogen-bond acceptors (Lipinski definition) is 3. The molecular weight excluding hydrogens is 276 g/mol. The summed E-state index contributed by atoms with van der Waals surface area (Å²) in [5, 5.41) is 0. The van der Waals surface area contributed by atoms with Gasteiger partial charge in [0.2, 0.25) is 0 Å². The smallest absolute Gasteiger partial charge is 0.410 e. The molecule has 2 rings (SSSR count). The minimum Gasteiger partial charge on any atom is -0.444 e. The monoisotopic (exact) mass is 304 g/mol. The lowest BCUT2D eigenvalue weighted by molar-refractivity contribution is 0.0237. The zero-order valence-electron chi connectivity index (χ0n) is 14.0. The van der Waals surface area contributed by atoms with E-state index in [9.17, 15) is 4.79 Å². The third-order valence-corrected chi connectivity index (χ3v) is 3.83. The summed E-state index contributed by atoms with van der Waals surface area (Å²) in [5.41, 5.74) is 9.08. The van der Waals surface area contributed by atoms with Crippen molar-refractivity contribution in [1.82, 2.24) is 4.90 Å². The van der Waals surface area contributed by atoms with Crippen molar-refractivity contribution in [3.63, 3.8) is 0 Å². The van der Waals surface area contributed by atoms with Crippen LogP contribution in [-0.4, -0.2) is 29.7 Å². The van der Waals surface area contributed by atoms with E-state index < -0.39 is 5.60 Å². The van der Waals surface area contributed by atoms with Crippen LogP contribution in [-0.2, 0) is 24.1 Å². The first-order valence-electron chi connectivity index (χ1n) is 8.18. The van der Waals surface area contributed by atoms with Crippen LogP contribution in [0.25, 0.3) is 0 Å². The summed E-state index contributed by atoms with van der Waals surface area (Å²) in [7, 11) is 0. The molecule has 1 heterocycles. The van der Waals surface area contributed by atoms with Crippen molar-refractivity contribution < 1.29 is 9.53 Å². The summed E-state index contributed by atoms with van der Waals surface area (Å²) in [6.45, 7) is 7.83. The molecule has 1 aromatic carbocycles. The summed E-state index contributed by atoms with van der Waals surface area (Å²) < 4.78 is 5.50. The van der Waals surface area contributed by atoms with E-state index in [4.69, 9.17) is 10.5 Å². The van der Waals surface area contributed by atoms with Gasteiger partial charge in [0.25, 0.3) is 0 Å². The number of carbonyl (C=O) groups is 1. The Morgan fingerprint density at radius 2 is 2.09 bits per heavy atom. The van der Waals surface area contributed by atoms with Gasteiger partial charge in [0.15, 0.2) is 0 Å². The van der Waals surface area contributed by atoms with Crippen molar-refractivity contribution in [2.45, 2.75) is 58.6 Å². The fourth-order valence-electron chi connectivity index (χ4n) is 2.76. The minimum atomic E-state index is -0.446. The molecule has 1 amide bonds. The van der Waals surface area contributed by atoms with E-state index in [2.05, 4.69) is 18.2 Å². The standard InChI is InChI=1S/C18H28N2O2/c1-18(2,3)22-17(21)20-11-5-7-15-12-14(6-4-10-19)8-9-16(15)13-20/h8-9,12H,4-7,10-11,13,19H2,1-3H3. The highest BCUT2D eigenvalue weighted by Gasteiger charge is 2.24. The lowest BCUT2D eigenvalue weighted by atomic mass is 9.99. The third-order valence-electron chi connectivity index (χ3n) is 3.83. The molecule has 0 saturated heterocycles. The third kappa shape index (κ3) is 4.73. The van der Waals surface area contributed by atoms with Gasteiger partial charge in [-0.05, 0) is 69.7 Å². The molecule has 0 saturated carbocycles. The van der Waals surface area contributed by atoms with Crippen LogP contribution in [0.2, 0.25) is 0 Å². The van der Waals surface area contributed by atoms with Crippen molar-refractivity contribution >= 4 is 6.09 Å². The number of nitrogens with two attached hydrogens (primary N) is 1. The second-order valence-electron chi connectivity index (χ2n) is 7.00. The number of amides is 1. The van der Waals surface area contributed by atoms with Gasteiger partial charge in [-0.1, -0.05) is 18.2 Å². The molecule has 0 aromatic heterocycles. The van der Waals surface area contributed by atoms with Crippen LogP contribution in [0.5, 0.6) is 0 Å². The van der Waals surface area contributed by atoms with E-state index in [1.807, 2.05) is 25.7 Å². The van der Waals surface area contributed by atoms with Crippen LogP contribution in [0.15, 0.2) is 18.2 Å². The maximum Gasteiger partial charge on any atom is 0.410 e. The quantitative estimate of drug-likeness (QED) is 0.932. The average molecular weight is 304 g/mol. The molecule has 0 bridgehead atoms. The van der Waals surface area contributed by atoms with Gasteiger partial charge in [-0.15, -0.1) is 0 Å². The Morgan fingerprint density at radius 1 is 1.32 bits per heavy atom. The molecule has 0 fully saturated rings. The molecule has 4 heteroatoms. The van der Waals surface area contributed by atoms with Crippen LogP contribution in [0.1, 0.15) is 50.3 Å². The van der Waals surface area contributed by atoms with E-state index in [0.29, 0.717) is 6.54 Å². The Bertz CT molecular complexity index is 520. The van der Waals surface area contributed by atoms with Gasteiger partial charge in [-0.25, -0.2) is 4.79 Å². The first kappa shape index (κ1) is 16.8. The number of benzene rings is 1. The van der Waals surface area contributed by atoms with Gasteiger partial charge < -0.3 is 15.4 Å². The van der Waals surface area contributed by atoms with Gasteiger partial charge in [0.1, 0.15) is 5.60 Å². The number of carbonyl (C=O) groups excluding carboxylic acids is 1. The van der Waals surface area contributed by atoms with Crippen molar-refractivity contribution in [3.8, 4) is 0 Å². The maximum atomic E-state index is 12.3. The van der Waals surface area contributed by atoms with Crippen LogP contribution < -0.4 is 5.73 Å². The Labute approximate surface area is 133 Å². The SMILES string of the molecule is CC(C)(C)OC(=O)N1CCCc2cc(CCCN)ccc2C1. The Balaban J connectivity index is 2.08. The molecule has 1 aliphatic heterocycles. The molecule has 0 spiro atoms. The van der Waals surface area contributed by atoms with Gasteiger partial charge in [-0.2, -0.15) is 0 Å². The predicted molar refractivity (Wildman–Crippen MR) is 88.8 cm³/mol. The zero-order valence-corrected chi connectivity index (χ0v) is 14.0. The van der Waals surface area contributed by atoms with E-state index >= 15 is 0 Å². The van der Waals surface area contributed by atoms with E-state index in [0.717, 1.165) is 38.8 Å². The van der Waals surface area contributed by atoms with E-state index in [-0.39, 0.29) is 6.09 Å². The fourth-order valence-corrected chi connectivity index (χ4v) is 2.76. The molecule has 0 aliphatic carbocycles. The summed E-state index contributed by atoms with van der Waals surface area (Å²) in [5.74, 6) is 0. The highest BCUT2D eigenvalue weighted by Crippen LogP contribution is 2.22. The van der Waals surface area contributed by atoms with Crippen LogP contribution in [0.4, 0.5) is 4.79 Å². The van der Waals surface area contributed by atoms with Gasteiger partial charge >= 0.3 is 6.09 Å². The highest BCUT2D eigenvalue weighted by atomic mass is 16.6. The van der Waals surface area contributed by atoms with Crippen molar-refractivity contribution in [2.24, 2.45) is 5.73 Å². The largest absolute Gasteiger partial charge is 0.444 e. The topological polar surface area (TPSA) is 55.6 Å². The summed E-state index contributed by atoms with van der Waals surface area (Å²) in [4.78, 5) is 14.1. The lowest BCUT2D eigenvalue weighted by Crippen LogP contribution is -2.36. The maximum absolute atomic E-state index is 12.3. The molecule has 122 valence electrons. The van der Waals surface area contributed by atoms with Crippen molar-refractivity contribution in [1.29, 1.82) is 0 Å². The molecule has 1 aliphatic rings. The van der Waals surface area contributed by atoms with Crippen molar-refractivity contribution in [3.05, 3.63) is 34.9 Å². The number of rotatable bonds is 3. The number of fused-ring (bicyclic) bond motifs is 1. The molecule has 2 N–H and O–H groups in total. The first-order valence-corrected chi connectivity index (χ1v) is 8.18. The van der Waals surface area contributed by atoms with Crippen LogP contribution in [0, 0.1) is 0 Å². The number of ether oxygens (including phenoxy) is 1. The van der Waals surface area contributed by atoms with Gasteiger partial charge in [0.05, 0.1) is 0 Å². The first-order chi connectivity index (χ1) is 10.4. The zero-order chi connectivity index (χ0) is 16.2. The highest BCUT2D eigenvalue weighted by molar-refractivity contribution is 5.68. The minimum absolute atomic E-state index is 0.215. The molecular formula is C18H28N2O2. The summed E-state index contributed by atoms with van der Waals surface area (Å²) in [6, 6.07) is 6.60. The average Bonchev–Trinajstić information content (AvgIpc) is 2.65. The predicted octanol–water partition coefficient (Wildman–Crippen LogP) is 3.26. The van der Waals surface area contributed by atoms with E-state index in [1.165, 1.54) is 16.7 Å². The van der Waals surface area contributed by atoms with Crippen molar-refractivity contribution in [2.75, 3.05) is 13.1 Å². The normalized spacial score (nSPS) is 15.2. The molecule has 0 radical (unpaired) electrons. The number of hydrogen-bond donors (Lipinski definition) is 1. The number of nitrogens with zero attached hydrogens (tertiary/aromatic N) is 1. The molecule has 4 nitrogen and oxygen atoms in total. The number of aryl methyl sites for hydroxylation is 2. The van der Waals surface area contributed by atoms with Gasteiger partial charge in [-0.3, -0.25) is 0 Å². The fraction of sp³-hybridized carbons (Fsp3) is 0.611. The molecule has 22 heavy (non-hydrogen) atoms. The molecule has 0 atom stereocenters. The second-order valence-corrected chi connectivity index (χ2v) is 7.00. The Kier molecular flexibility index (Phi) is 5.46. The van der Waals surface area contributed by atoms with Crippen LogP contribution in [0.3, 0.4) is 0 Å². The molecule has 1 aromatic rings. The Morgan fingerprint density at radius 3 is 2.77 bits per heavy atom. The second kappa shape index (κ2) is 7.14.